The van der Waals surface area contributed by atoms with Crippen LogP contribution in [0, 0.1) is 10.8 Å². The lowest BCUT2D eigenvalue weighted by Crippen LogP contribution is -2.43. The maximum atomic E-state index is 13.7. The van der Waals surface area contributed by atoms with E-state index in [-0.39, 0.29) is 41.4 Å². The average molecular weight is 523 g/mol. The summed E-state index contributed by atoms with van der Waals surface area (Å²) in [7, 11) is 0. The zero-order valence-corrected chi connectivity index (χ0v) is 20.9. The summed E-state index contributed by atoms with van der Waals surface area (Å²) in [6, 6.07) is 19.6. The first-order valence-corrected chi connectivity index (χ1v) is 11.9. The second-order valence-corrected chi connectivity index (χ2v) is 9.42. The van der Waals surface area contributed by atoms with E-state index in [1.807, 2.05) is 30.3 Å². The Morgan fingerprint density at radius 1 is 1.00 bits per heavy atom. The number of nitrogen functional groups attached to an aromatic ring is 1. The van der Waals surface area contributed by atoms with E-state index in [9.17, 15) is 19.5 Å². The van der Waals surface area contributed by atoms with Crippen LogP contribution in [0.3, 0.4) is 0 Å². The number of hydrogen-bond donors (Lipinski definition) is 4. The van der Waals surface area contributed by atoms with E-state index < -0.39 is 23.8 Å². The first-order chi connectivity index (χ1) is 17.2. The van der Waals surface area contributed by atoms with Crippen molar-refractivity contribution in [3.63, 3.8) is 0 Å². The molecule has 3 aromatic carbocycles. The highest BCUT2D eigenvalue weighted by Crippen LogP contribution is 2.40. The van der Waals surface area contributed by atoms with Crippen LogP contribution in [-0.4, -0.2) is 63.6 Å². The predicted octanol–water partition coefficient (Wildman–Crippen LogP) is 1.31. The van der Waals surface area contributed by atoms with Gasteiger partial charge in [0.2, 0.25) is 5.91 Å². The molecule has 0 spiro atoms. The third kappa shape index (κ3) is 6.05. The van der Waals surface area contributed by atoms with Crippen LogP contribution in [0.4, 0.5) is 0 Å². The molecule has 4 rings (SSSR count). The van der Waals surface area contributed by atoms with Crippen LogP contribution in [0.1, 0.15) is 40.7 Å². The second kappa shape index (κ2) is 12.4. The molecule has 0 saturated carbocycles. The Hall–Kier alpha value is -4.12. The highest BCUT2D eigenvalue weighted by Gasteiger charge is 2.53. The number of aryl methyl sites for hydroxylation is 1. The number of amides is 1. The minimum Gasteiger partial charge on any atom is -0.481 e. The normalized spacial score (nSPS) is 18.5. The molecule has 0 aliphatic carbocycles. The fourth-order valence-corrected chi connectivity index (χ4v) is 5.04. The molecule has 10 nitrogen and oxygen atoms in total. The Bertz CT molecular complexity index is 1330. The van der Waals surface area contributed by atoms with E-state index >= 15 is 0 Å². The van der Waals surface area contributed by atoms with Gasteiger partial charge in [-0.2, -0.15) is 0 Å². The molecule has 10 N–H and O–H groups in total. The van der Waals surface area contributed by atoms with Gasteiger partial charge in [-0.25, -0.2) is 0 Å². The average Bonchev–Trinajstić information content (AvgIpc) is 3.14. The van der Waals surface area contributed by atoms with Gasteiger partial charge in [-0.05, 0) is 47.7 Å². The van der Waals surface area contributed by atoms with Gasteiger partial charge >= 0.3 is 5.97 Å². The lowest BCUT2D eigenvalue weighted by Gasteiger charge is -2.25. The molecule has 1 amide bonds. The molecule has 1 heterocycles. The number of benzene rings is 3. The summed E-state index contributed by atoms with van der Waals surface area (Å²) in [6.45, 7) is 0.198. The van der Waals surface area contributed by atoms with E-state index in [0.29, 0.717) is 24.1 Å². The van der Waals surface area contributed by atoms with Crippen molar-refractivity contribution in [1.82, 2.24) is 4.90 Å². The Balaban J connectivity index is 0.00000253. The van der Waals surface area contributed by atoms with Crippen LogP contribution in [0.25, 0.3) is 10.8 Å². The van der Waals surface area contributed by atoms with Crippen LogP contribution in [0.5, 0.6) is 0 Å². The molecule has 0 bridgehead atoms. The number of rotatable bonds is 10. The molecule has 2 atom stereocenters. The zero-order chi connectivity index (χ0) is 25.9. The summed E-state index contributed by atoms with van der Waals surface area (Å²) in [6.07, 6.45) is 1.03. The summed E-state index contributed by atoms with van der Waals surface area (Å²) in [4.78, 5) is 40.3. The molecule has 0 radical (unpaired) electrons. The van der Waals surface area contributed by atoms with Gasteiger partial charge in [0, 0.05) is 24.2 Å². The SMILES string of the molecule is N=C(N)c1ccc2cc(C(=O)[C@@H]3C[C@@](CN)(CC(=O)O)C(=O)N3CCCc3ccccc3)ccc2c1.O.O. The molecular formula is C28H34N4O6. The standard InChI is InChI=1S/C28H30N4O4.2H2O/c29-17-28(16-24(33)34)15-23(32(27(28)36)12-4-7-18-5-2-1-3-6-18)25(35)21-10-8-20-14-22(26(30)31)11-9-19(20)13-21;;/h1-3,5-6,8-11,13-14,23H,4,7,12,15-17,29H2,(H3,30,31)(H,33,34);2*1H2/t23-,28-;;/m0../s1. The largest absolute Gasteiger partial charge is 0.481 e. The van der Waals surface area contributed by atoms with Gasteiger partial charge in [-0.15, -0.1) is 0 Å². The van der Waals surface area contributed by atoms with E-state index in [1.165, 1.54) is 4.90 Å². The monoisotopic (exact) mass is 522 g/mol. The minimum atomic E-state index is -1.30. The second-order valence-electron chi connectivity index (χ2n) is 9.42. The summed E-state index contributed by atoms with van der Waals surface area (Å²) in [5.41, 5.74) is 12.4. The smallest absolute Gasteiger partial charge is 0.304 e. The number of nitrogens with two attached hydrogens (primary N) is 2. The molecule has 1 aliphatic rings. The number of carboxylic acids is 1. The first-order valence-electron chi connectivity index (χ1n) is 11.9. The number of aliphatic carboxylic acids is 1. The molecule has 38 heavy (non-hydrogen) atoms. The number of ketones is 1. The molecule has 1 fully saturated rings. The van der Waals surface area contributed by atoms with Crippen molar-refractivity contribution in [1.29, 1.82) is 5.41 Å². The van der Waals surface area contributed by atoms with Gasteiger partial charge in [0.25, 0.3) is 0 Å². The number of carbonyl (C=O) groups excluding carboxylic acids is 2. The van der Waals surface area contributed by atoms with E-state index in [2.05, 4.69) is 0 Å². The number of hydrogen-bond acceptors (Lipinski definition) is 5. The molecular weight excluding hydrogens is 488 g/mol. The Labute approximate surface area is 220 Å². The summed E-state index contributed by atoms with van der Waals surface area (Å²) in [5.74, 6) is -1.76. The quantitative estimate of drug-likeness (QED) is 0.175. The molecule has 3 aromatic rings. The third-order valence-electron chi connectivity index (χ3n) is 7.00. The number of likely N-dealkylation sites (tertiary alicyclic amines) is 1. The van der Waals surface area contributed by atoms with Gasteiger partial charge in [-0.1, -0.05) is 54.6 Å². The van der Waals surface area contributed by atoms with Crippen molar-refractivity contribution in [2.24, 2.45) is 16.9 Å². The lowest BCUT2D eigenvalue weighted by molar-refractivity contribution is -0.146. The fourth-order valence-electron chi connectivity index (χ4n) is 5.04. The fraction of sp³-hybridized carbons (Fsp3) is 0.286. The minimum absolute atomic E-state index is 0. The molecule has 0 unspecified atom stereocenters. The number of nitrogens with one attached hydrogen (secondary N) is 1. The Morgan fingerprint density at radius 3 is 2.18 bits per heavy atom. The number of Topliss-reactive ketones (excluding diaryl/α,β-unsaturated/α-hetero) is 1. The van der Waals surface area contributed by atoms with E-state index in [4.69, 9.17) is 16.9 Å². The van der Waals surface area contributed by atoms with Crippen LogP contribution in [0.15, 0.2) is 66.7 Å². The Kier molecular flexibility index (Phi) is 9.84. The summed E-state index contributed by atoms with van der Waals surface area (Å²) in [5, 5.41) is 18.8. The maximum Gasteiger partial charge on any atom is 0.304 e. The van der Waals surface area contributed by atoms with Crippen LogP contribution in [0.2, 0.25) is 0 Å². The molecule has 10 heteroatoms. The van der Waals surface area contributed by atoms with Crippen molar-refractivity contribution < 1.29 is 30.4 Å². The van der Waals surface area contributed by atoms with Crippen LogP contribution >= 0.6 is 0 Å². The van der Waals surface area contributed by atoms with Crippen LogP contribution in [-0.2, 0) is 16.0 Å². The highest BCUT2D eigenvalue weighted by molar-refractivity contribution is 6.07. The Morgan fingerprint density at radius 2 is 1.61 bits per heavy atom. The molecule has 1 aliphatic heterocycles. The van der Waals surface area contributed by atoms with E-state index in [0.717, 1.165) is 22.8 Å². The van der Waals surface area contributed by atoms with Gasteiger partial charge < -0.3 is 32.4 Å². The van der Waals surface area contributed by atoms with Crippen molar-refractivity contribution in [2.75, 3.05) is 13.1 Å². The molecule has 0 aromatic heterocycles. The van der Waals surface area contributed by atoms with Crippen LogP contribution < -0.4 is 11.5 Å². The number of amidine groups is 1. The van der Waals surface area contributed by atoms with Gasteiger partial charge in [-0.3, -0.25) is 19.8 Å². The molecule has 202 valence electrons. The lowest BCUT2D eigenvalue weighted by atomic mass is 9.80. The number of fused-ring (bicyclic) bond motifs is 1. The topological polar surface area (TPSA) is 214 Å². The van der Waals surface area contributed by atoms with Crippen molar-refractivity contribution in [3.8, 4) is 0 Å². The van der Waals surface area contributed by atoms with E-state index in [1.54, 1.807) is 36.4 Å². The third-order valence-corrected chi connectivity index (χ3v) is 7.00. The van der Waals surface area contributed by atoms with Gasteiger partial charge in [0.15, 0.2) is 5.78 Å². The summed E-state index contributed by atoms with van der Waals surface area (Å²) >= 11 is 0. The van der Waals surface area contributed by atoms with Crippen molar-refractivity contribution in [2.45, 2.75) is 31.7 Å². The zero-order valence-electron chi connectivity index (χ0n) is 20.9. The maximum absolute atomic E-state index is 13.7. The van der Waals surface area contributed by atoms with Crippen molar-refractivity contribution >= 4 is 34.3 Å². The summed E-state index contributed by atoms with van der Waals surface area (Å²) < 4.78 is 0. The first kappa shape index (κ1) is 30.1. The highest BCUT2D eigenvalue weighted by atomic mass is 16.4. The van der Waals surface area contributed by atoms with Gasteiger partial charge in [0.05, 0.1) is 17.9 Å². The van der Waals surface area contributed by atoms with Crippen molar-refractivity contribution in [3.05, 3.63) is 83.4 Å². The molecule has 1 saturated heterocycles. The predicted molar refractivity (Wildman–Crippen MR) is 145 cm³/mol. The number of carboxylic acid groups (broad SMARTS) is 1. The number of carbonyl (C=O) groups is 3. The van der Waals surface area contributed by atoms with Gasteiger partial charge in [0.1, 0.15) is 5.84 Å². The number of nitrogens with zero attached hydrogens (tertiary/aromatic N) is 1.